The Labute approximate surface area is 320 Å². The Kier molecular flexibility index (Phi) is 13.5. The molecule has 4 rings (SSSR count). The maximum Gasteiger partial charge on any atom is 0.356 e. The highest BCUT2D eigenvalue weighted by Gasteiger charge is 2.34. The average Bonchev–Trinajstić information content (AvgIpc) is 3.53. The van der Waals surface area contributed by atoms with E-state index in [0.717, 1.165) is 5.56 Å². The monoisotopic (exact) mass is 761 g/mol. The fourth-order valence-electron chi connectivity index (χ4n) is 5.70. The van der Waals surface area contributed by atoms with Crippen molar-refractivity contribution in [2.75, 3.05) is 31.5 Å². The number of aromatic nitrogens is 5. The Bertz CT molecular complexity index is 2080. The van der Waals surface area contributed by atoms with Crippen molar-refractivity contribution in [3.05, 3.63) is 117 Å². The van der Waals surface area contributed by atoms with Gasteiger partial charge in [0.1, 0.15) is 17.1 Å². The number of carbonyl (C=O) groups is 1. The summed E-state index contributed by atoms with van der Waals surface area (Å²) in [4.78, 5) is 37.4. The number of benzene rings is 1. The van der Waals surface area contributed by atoms with Crippen LogP contribution >= 0.6 is 11.6 Å². The lowest BCUT2D eigenvalue weighted by atomic mass is 9.91. The lowest BCUT2D eigenvalue weighted by Gasteiger charge is -2.30. The zero-order chi connectivity index (χ0) is 39.9. The third-order valence-electron chi connectivity index (χ3n) is 8.20. The second-order valence-corrected chi connectivity index (χ2v) is 14.0. The number of hydrogen-bond acceptors (Lipinski definition) is 11. The highest BCUT2D eigenvalue weighted by atomic mass is 35.5. The molecule has 0 radical (unpaired) electrons. The molecule has 4 aromatic rings. The van der Waals surface area contributed by atoms with E-state index in [2.05, 4.69) is 27.0 Å². The van der Waals surface area contributed by atoms with E-state index in [0.29, 0.717) is 17.0 Å². The second kappa shape index (κ2) is 17.6. The summed E-state index contributed by atoms with van der Waals surface area (Å²) in [6, 6.07) is 7.90. The minimum absolute atomic E-state index is 0.0567. The van der Waals surface area contributed by atoms with Crippen LogP contribution in [-0.2, 0) is 11.3 Å². The smallest absolute Gasteiger partial charge is 0.356 e. The number of carboxylic acids is 1. The lowest BCUT2D eigenvalue weighted by molar-refractivity contribution is -0.163. The van der Waals surface area contributed by atoms with Gasteiger partial charge in [0.2, 0.25) is 18.2 Å². The van der Waals surface area contributed by atoms with E-state index in [-0.39, 0.29) is 57.5 Å². The number of pyridine rings is 1. The van der Waals surface area contributed by atoms with E-state index < -0.39 is 24.0 Å². The van der Waals surface area contributed by atoms with Gasteiger partial charge in [0, 0.05) is 18.8 Å². The Morgan fingerprint density at radius 1 is 1.17 bits per heavy atom. The predicted octanol–water partition coefficient (Wildman–Crippen LogP) is 6.73. The number of anilines is 2. The summed E-state index contributed by atoms with van der Waals surface area (Å²) in [5.74, 6) is -0.807. The van der Waals surface area contributed by atoms with Gasteiger partial charge in [0.25, 0.3) is 5.56 Å². The normalized spacial score (nSPS) is 13.2. The Balaban J connectivity index is 1.93. The van der Waals surface area contributed by atoms with E-state index >= 15 is 0 Å². The van der Waals surface area contributed by atoms with Gasteiger partial charge >= 0.3 is 5.97 Å². The summed E-state index contributed by atoms with van der Waals surface area (Å²) in [6.45, 7) is 15.0. The number of ether oxygens (including phenoxy) is 3. The number of carboxylic acid groups (broad SMARTS) is 1. The number of nitrogens with one attached hydrogen (secondary N) is 1. The minimum atomic E-state index is -1.37. The molecule has 2 unspecified atom stereocenters. The third-order valence-corrected chi connectivity index (χ3v) is 8.41. The van der Waals surface area contributed by atoms with E-state index in [1.54, 1.807) is 78.4 Å². The van der Waals surface area contributed by atoms with Crippen LogP contribution in [0.5, 0.6) is 11.6 Å². The van der Waals surface area contributed by atoms with E-state index in [1.807, 2.05) is 32.1 Å². The largest absolute Gasteiger partial charge is 0.497 e. The molecule has 288 valence electrons. The minimum Gasteiger partial charge on any atom is -0.497 e. The molecule has 0 bridgehead atoms. The van der Waals surface area contributed by atoms with Crippen LogP contribution in [0.1, 0.15) is 80.8 Å². The molecule has 0 aliphatic carbocycles. The van der Waals surface area contributed by atoms with Crippen molar-refractivity contribution in [1.29, 1.82) is 0 Å². The van der Waals surface area contributed by atoms with Gasteiger partial charge in [-0.25, -0.2) is 14.5 Å². The van der Waals surface area contributed by atoms with Crippen LogP contribution in [0.2, 0.25) is 5.02 Å². The summed E-state index contributed by atoms with van der Waals surface area (Å²) in [5.41, 5.74) is 1.29. The van der Waals surface area contributed by atoms with Gasteiger partial charge in [0.15, 0.2) is 5.69 Å². The topological polar surface area (TPSA) is 166 Å². The Morgan fingerprint density at radius 2 is 1.85 bits per heavy atom. The first-order valence-electron chi connectivity index (χ1n) is 17.1. The molecular weight excluding hydrogens is 714 g/mol. The predicted molar refractivity (Wildman–Crippen MR) is 209 cm³/mol. The Morgan fingerprint density at radius 3 is 2.41 bits per heavy atom. The fraction of sp³-hybridized carbons (Fsp3) is 0.359. The first kappa shape index (κ1) is 41.3. The van der Waals surface area contributed by atoms with Crippen LogP contribution in [-0.4, -0.2) is 73.8 Å². The molecule has 3 heterocycles. The standard InChI is InChI=1S/C39H48ClN7O7/c1-11-13-14-25(12-2)31(42-28-19-26(40)22-46(35(28)48)21-24-15-17-27(52-9)18-16-24)30-32(36(49)50)44-47(33(30)23(3)4)29-20-41-37(43-34(29)53-10)45(8)38(51)54-39(5,6)7/h11-20,22-23,31,38,42,51H,1,21H2,2-10H3,(H,49,50). The van der Waals surface area contributed by atoms with Crippen LogP contribution in [0.25, 0.3) is 5.69 Å². The molecule has 2 atom stereocenters. The van der Waals surface area contributed by atoms with Crippen molar-refractivity contribution in [2.24, 2.45) is 0 Å². The SMILES string of the molecule is C=CC=CC(=CC)C(Nc1cc(Cl)cn(Cc2ccc(OC)cc2)c1=O)c1c(C(=O)O)nn(-c2cnc(N(C)C(O)OC(C)(C)C)nc2OC)c1C(C)C. The van der Waals surface area contributed by atoms with Crippen LogP contribution in [0.4, 0.5) is 11.6 Å². The number of nitrogens with zero attached hydrogens (tertiary/aromatic N) is 6. The average molecular weight is 762 g/mol. The number of aromatic carboxylic acids is 1. The van der Waals surface area contributed by atoms with Crippen LogP contribution in [0.3, 0.4) is 0 Å². The van der Waals surface area contributed by atoms with Gasteiger partial charge < -0.3 is 34.3 Å². The summed E-state index contributed by atoms with van der Waals surface area (Å²) in [6.07, 6.45) is 8.50. The van der Waals surface area contributed by atoms with Crippen LogP contribution in [0.15, 0.2) is 84.0 Å². The zero-order valence-electron chi connectivity index (χ0n) is 32.0. The summed E-state index contributed by atoms with van der Waals surface area (Å²) < 4.78 is 19.5. The van der Waals surface area contributed by atoms with Gasteiger partial charge in [-0.1, -0.05) is 68.5 Å². The number of rotatable bonds is 16. The molecular formula is C39H48ClN7O7. The van der Waals surface area contributed by atoms with Crippen molar-refractivity contribution < 1.29 is 29.2 Å². The summed E-state index contributed by atoms with van der Waals surface area (Å²) in [5, 5.41) is 29.5. The maximum atomic E-state index is 14.1. The van der Waals surface area contributed by atoms with E-state index in [1.165, 1.54) is 33.5 Å². The molecule has 15 heteroatoms. The molecule has 0 saturated heterocycles. The lowest BCUT2D eigenvalue weighted by Crippen LogP contribution is -2.40. The first-order chi connectivity index (χ1) is 25.5. The number of aliphatic hydroxyl groups excluding tert-OH is 1. The fourth-order valence-corrected chi connectivity index (χ4v) is 5.93. The molecule has 0 saturated carbocycles. The van der Waals surface area contributed by atoms with Crippen molar-refractivity contribution in [3.8, 4) is 17.3 Å². The second-order valence-electron chi connectivity index (χ2n) is 13.6. The zero-order valence-corrected chi connectivity index (χ0v) is 32.7. The quantitative estimate of drug-likeness (QED) is 0.0815. The molecule has 0 spiro atoms. The number of aliphatic hydroxyl groups is 1. The number of halogens is 1. The number of allylic oxidation sites excluding steroid dienone is 3. The molecule has 0 aliphatic heterocycles. The van der Waals surface area contributed by atoms with Gasteiger partial charge in [-0.15, -0.1) is 0 Å². The van der Waals surface area contributed by atoms with Gasteiger partial charge in [0.05, 0.1) is 49.3 Å². The summed E-state index contributed by atoms with van der Waals surface area (Å²) in [7, 11) is 4.55. The summed E-state index contributed by atoms with van der Waals surface area (Å²) >= 11 is 6.60. The Hall–Kier alpha value is -5.44. The van der Waals surface area contributed by atoms with E-state index in [4.69, 9.17) is 25.8 Å². The third kappa shape index (κ3) is 9.56. The van der Waals surface area contributed by atoms with Crippen LogP contribution < -0.4 is 25.2 Å². The highest BCUT2D eigenvalue weighted by Crippen LogP contribution is 2.38. The van der Waals surface area contributed by atoms with Crippen LogP contribution in [0, 0.1) is 0 Å². The molecule has 1 aromatic carbocycles. The number of methoxy groups -OCH3 is 2. The molecule has 14 nitrogen and oxygen atoms in total. The van der Waals surface area contributed by atoms with Crippen molar-refractivity contribution in [2.45, 2.75) is 72.1 Å². The number of hydrogen-bond donors (Lipinski definition) is 3. The molecule has 0 amide bonds. The molecule has 3 N–H and O–H groups in total. The van der Waals surface area contributed by atoms with Crippen molar-refractivity contribution >= 4 is 29.2 Å². The molecule has 0 aliphatic rings. The van der Waals surface area contributed by atoms with Gasteiger partial charge in [-0.05, 0) is 62.9 Å². The highest BCUT2D eigenvalue weighted by molar-refractivity contribution is 6.30. The van der Waals surface area contributed by atoms with E-state index in [9.17, 15) is 19.8 Å². The van der Waals surface area contributed by atoms with Crippen molar-refractivity contribution in [1.82, 2.24) is 24.3 Å². The molecule has 3 aromatic heterocycles. The van der Waals surface area contributed by atoms with Gasteiger partial charge in [-0.2, -0.15) is 10.1 Å². The molecule has 0 fully saturated rings. The molecule has 54 heavy (non-hydrogen) atoms. The maximum absolute atomic E-state index is 14.1. The van der Waals surface area contributed by atoms with Crippen molar-refractivity contribution in [3.63, 3.8) is 0 Å². The van der Waals surface area contributed by atoms with Gasteiger partial charge in [-0.3, -0.25) is 9.69 Å². The first-order valence-corrected chi connectivity index (χ1v) is 17.5.